The number of nitrogens with one attached hydrogen (secondary N) is 1. The predicted molar refractivity (Wildman–Crippen MR) is 94.5 cm³/mol. The van der Waals surface area contributed by atoms with Gasteiger partial charge in [-0.2, -0.15) is 0 Å². The lowest BCUT2D eigenvalue weighted by atomic mass is 9.69. The minimum atomic E-state index is 0.106. The normalized spacial score (nSPS) is 22.3. The summed E-state index contributed by atoms with van der Waals surface area (Å²) in [5.74, 6) is 1.07. The molecule has 0 saturated heterocycles. The number of hydrogen-bond acceptors (Lipinski definition) is 4. The van der Waals surface area contributed by atoms with Gasteiger partial charge in [0.2, 0.25) is 5.91 Å². The maximum atomic E-state index is 12.4. The molecule has 0 aliphatic heterocycles. The van der Waals surface area contributed by atoms with E-state index in [4.69, 9.17) is 0 Å². The molecule has 2 atom stereocenters. The summed E-state index contributed by atoms with van der Waals surface area (Å²) in [4.78, 5) is 12.4. The molecule has 2 unspecified atom stereocenters. The van der Waals surface area contributed by atoms with E-state index < -0.39 is 0 Å². The van der Waals surface area contributed by atoms with Crippen molar-refractivity contribution in [2.75, 3.05) is 5.75 Å². The van der Waals surface area contributed by atoms with E-state index in [2.05, 4.69) is 50.1 Å². The third-order valence-corrected chi connectivity index (χ3v) is 5.61. The lowest BCUT2D eigenvalue weighted by Crippen LogP contribution is -2.47. The van der Waals surface area contributed by atoms with Crippen LogP contribution in [0.25, 0.3) is 0 Å². The average molecular weight is 339 g/mol. The van der Waals surface area contributed by atoms with Crippen molar-refractivity contribution in [3.05, 3.63) is 6.33 Å². The summed E-state index contributed by atoms with van der Waals surface area (Å²) in [5.41, 5.74) is 0.239. The van der Waals surface area contributed by atoms with Crippen LogP contribution < -0.4 is 5.32 Å². The van der Waals surface area contributed by atoms with Crippen molar-refractivity contribution >= 4 is 17.7 Å². The zero-order valence-corrected chi connectivity index (χ0v) is 15.8. The van der Waals surface area contributed by atoms with Gasteiger partial charge in [0.15, 0.2) is 5.16 Å². The third kappa shape index (κ3) is 4.96. The molecule has 1 amide bonds. The molecule has 1 fully saturated rings. The van der Waals surface area contributed by atoms with Gasteiger partial charge in [-0.3, -0.25) is 4.79 Å². The standard InChI is InChI=1S/C17H30N4OS/c1-12(2)21-11-18-20-16(21)23-10-15(22)19-14-9-7-6-8-13(14)17(3,4)5/h11-14H,6-10H2,1-5H3,(H,19,22). The Morgan fingerprint density at radius 1 is 1.39 bits per heavy atom. The fourth-order valence-corrected chi connectivity index (χ4v) is 4.26. The molecule has 1 heterocycles. The molecule has 0 radical (unpaired) electrons. The number of carbonyl (C=O) groups is 1. The topological polar surface area (TPSA) is 59.8 Å². The van der Waals surface area contributed by atoms with Crippen molar-refractivity contribution < 1.29 is 4.79 Å². The Labute approximate surface area is 144 Å². The number of hydrogen-bond donors (Lipinski definition) is 1. The van der Waals surface area contributed by atoms with Crippen LogP contribution in [-0.4, -0.2) is 32.5 Å². The monoisotopic (exact) mass is 338 g/mol. The van der Waals surface area contributed by atoms with Crippen molar-refractivity contribution in [1.29, 1.82) is 0 Å². The van der Waals surface area contributed by atoms with Crippen LogP contribution in [0.1, 0.15) is 66.3 Å². The molecule has 6 heteroatoms. The average Bonchev–Trinajstić information content (AvgIpc) is 2.93. The SMILES string of the molecule is CC(C)n1cnnc1SCC(=O)NC1CCCCC1C(C)(C)C. The van der Waals surface area contributed by atoms with Gasteiger partial charge in [-0.25, -0.2) is 0 Å². The summed E-state index contributed by atoms with van der Waals surface area (Å²) in [6.45, 7) is 11.0. The molecule has 1 aromatic rings. The highest BCUT2D eigenvalue weighted by molar-refractivity contribution is 7.99. The molecule has 130 valence electrons. The van der Waals surface area contributed by atoms with Gasteiger partial charge >= 0.3 is 0 Å². The molecule has 23 heavy (non-hydrogen) atoms. The summed E-state index contributed by atoms with van der Waals surface area (Å²) in [5, 5.41) is 12.1. The van der Waals surface area contributed by atoms with E-state index >= 15 is 0 Å². The number of carbonyl (C=O) groups excluding carboxylic acids is 1. The Morgan fingerprint density at radius 2 is 2.09 bits per heavy atom. The molecule has 0 aromatic carbocycles. The third-order valence-electron chi connectivity index (χ3n) is 4.65. The first kappa shape index (κ1) is 18.3. The molecule has 5 nitrogen and oxygen atoms in total. The molecule has 1 saturated carbocycles. The molecular weight excluding hydrogens is 308 g/mol. The van der Waals surface area contributed by atoms with E-state index in [-0.39, 0.29) is 11.3 Å². The molecule has 1 aliphatic carbocycles. The second kappa shape index (κ2) is 7.69. The van der Waals surface area contributed by atoms with E-state index in [9.17, 15) is 4.79 Å². The van der Waals surface area contributed by atoms with E-state index in [0.717, 1.165) is 11.6 Å². The van der Waals surface area contributed by atoms with Crippen LogP contribution in [0.2, 0.25) is 0 Å². The van der Waals surface area contributed by atoms with E-state index in [0.29, 0.717) is 23.8 Å². The van der Waals surface area contributed by atoms with E-state index in [1.54, 1.807) is 6.33 Å². The van der Waals surface area contributed by atoms with E-state index in [1.165, 1.54) is 31.0 Å². The Bertz CT molecular complexity index is 521. The molecule has 1 aromatic heterocycles. The fourth-order valence-electron chi connectivity index (χ4n) is 3.41. The van der Waals surface area contributed by atoms with Crippen LogP contribution in [0.3, 0.4) is 0 Å². The fraction of sp³-hybridized carbons (Fsp3) is 0.824. The minimum absolute atomic E-state index is 0.106. The van der Waals surface area contributed by atoms with Crippen LogP contribution in [0.4, 0.5) is 0 Å². The molecule has 0 spiro atoms. The lowest BCUT2D eigenvalue weighted by molar-refractivity contribution is -0.120. The molecule has 0 bridgehead atoms. The van der Waals surface area contributed by atoms with Crippen LogP contribution in [0.5, 0.6) is 0 Å². The lowest BCUT2D eigenvalue weighted by Gasteiger charge is -2.40. The first-order chi connectivity index (χ1) is 10.8. The summed E-state index contributed by atoms with van der Waals surface area (Å²) in [6, 6.07) is 0.610. The maximum absolute atomic E-state index is 12.4. The van der Waals surface area contributed by atoms with Crippen LogP contribution in [0, 0.1) is 11.3 Å². The van der Waals surface area contributed by atoms with Crippen LogP contribution in [-0.2, 0) is 4.79 Å². The van der Waals surface area contributed by atoms with Gasteiger partial charge in [0.25, 0.3) is 0 Å². The number of aromatic nitrogens is 3. The van der Waals surface area contributed by atoms with Gasteiger partial charge in [0.05, 0.1) is 5.75 Å². The zero-order chi connectivity index (χ0) is 17.0. The second-order valence-electron chi connectivity index (χ2n) is 7.83. The first-order valence-corrected chi connectivity index (χ1v) is 9.59. The Morgan fingerprint density at radius 3 is 2.74 bits per heavy atom. The number of thioether (sulfide) groups is 1. The second-order valence-corrected chi connectivity index (χ2v) is 8.78. The van der Waals surface area contributed by atoms with Crippen molar-refractivity contribution in [3.8, 4) is 0 Å². The highest BCUT2D eigenvalue weighted by Gasteiger charge is 2.34. The van der Waals surface area contributed by atoms with Gasteiger partial charge in [-0.05, 0) is 38.0 Å². The maximum Gasteiger partial charge on any atom is 0.230 e. The number of nitrogens with zero attached hydrogens (tertiary/aromatic N) is 3. The summed E-state index contributed by atoms with van der Waals surface area (Å²) in [6.07, 6.45) is 6.53. The summed E-state index contributed by atoms with van der Waals surface area (Å²) >= 11 is 1.46. The Hall–Kier alpha value is -1.04. The number of amides is 1. The van der Waals surface area contributed by atoms with Gasteiger partial charge < -0.3 is 9.88 Å². The Balaban J connectivity index is 1.89. The van der Waals surface area contributed by atoms with Crippen molar-refractivity contribution in [3.63, 3.8) is 0 Å². The van der Waals surface area contributed by atoms with Crippen molar-refractivity contribution in [1.82, 2.24) is 20.1 Å². The first-order valence-electron chi connectivity index (χ1n) is 8.60. The largest absolute Gasteiger partial charge is 0.352 e. The summed E-state index contributed by atoms with van der Waals surface area (Å²) < 4.78 is 2.00. The van der Waals surface area contributed by atoms with Gasteiger partial charge in [-0.1, -0.05) is 45.4 Å². The van der Waals surface area contributed by atoms with Crippen LogP contribution in [0.15, 0.2) is 11.5 Å². The van der Waals surface area contributed by atoms with Gasteiger partial charge in [0.1, 0.15) is 6.33 Å². The van der Waals surface area contributed by atoms with E-state index in [1.807, 2.05) is 4.57 Å². The molecular formula is C17H30N4OS. The van der Waals surface area contributed by atoms with Crippen molar-refractivity contribution in [2.45, 2.75) is 77.5 Å². The van der Waals surface area contributed by atoms with Crippen LogP contribution >= 0.6 is 11.8 Å². The molecule has 1 aliphatic rings. The minimum Gasteiger partial charge on any atom is -0.352 e. The predicted octanol–water partition coefficient (Wildman–Crippen LogP) is 3.67. The van der Waals surface area contributed by atoms with Gasteiger partial charge in [0, 0.05) is 12.1 Å². The van der Waals surface area contributed by atoms with Gasteiger partial charge in [-0.15, -0.1) is 10.2 Å². The quantitative estimate of drug-likeness (QED) is 0.832. The number of rotatable bonds is 5. The van der Waals surface area contributed by atoms with Crippen molar-refractivity contribution in [2.24, 2.45) is 11.3 Å². The molecule has 2 rings (SSSR count). The zero-order valence-electron chi connectivity index (χ0n) is 15.0. The molecule has 1 N–H and O–H groups in total. The highest BCUT2D eigenvalue weighted by atomic mass is 32.2. The highest BCUT2D eigenvalue weighted by Crippen LogP contribution is 2.38. The summed E-state index contributed by atoms with van der Waals surface area (Å²) in [7, 11) is 0. The Kier molecular flexibility index (Phi) is 6.12. The smallest absolute Gasteiger partial charge is 0.230 e.